The van der Waals surface area contributed by atoms with Crippen LogP contribution < -0.4 is 14.4 Å². The Morgan fingerprint density at radius 2 is 2.12 bits per heavy atom. The Labute approximate surface area is 165 Å². The van der Waals surface area contributed by atoms with Gasteiger partial charge in [-0.3, -0.25) is 9.10 Å². The van der Waals surface area contributed by atoms with Gasteiger partial charge in [-0.25, -0.2) is 8.42 Å². The summed E-state index contributed by atoms with van der Waals surface area (Å²) in [6.45, 7) is 2.26. The lowest BCUT2D eigenvalue weighted by Crippen LogP contribution is -2.50. The third-order valence-corrected chi connectivity index (χ3v) is 7.30. The molecule has 0 spiro atoms. The summed E-state index contributed by atoms with van der Waals surface area (Å²) in [4.78, 5) is 12.3. The van der Waals surface area contributed by atoms with Gasteiger partial charge in [-0.2, -0.15) is 0 Å². The summed E-state index contributed by atoms with van der Waals surface area (Å²) in [7, 11) is -4.00. The fourth-order valence-electron chi connectivity index (χ4n) is 2.55. The molecule has 140 valence electrons. The molecule has 26 heavy (non-hydrogen) atoms. The van der Waals surface area contributed by atoms with Crippen LogP contribution in [0.1, 0.15) is 13.3 Å². The monoisotopic (exact) mass is 434 g/mol. The number of thiophene rings is 1. The van der Waals surface area contributed by atoms with E-state index in [0.717, 1.165) is 22.1 Å². The van der Waals surface area contributed by atoms with Crippen LogP contribution in [0.3, 0.4) is 0 Å². The highest BCUT2D eigenvalue weighted by Gasteiger charge is 2.38. The molecular formula is C16H16Cl2N2O4S2. The van der Waals surface area contributed by atoms with E-state index in [9.17, 15) is 13.2 Å². The normalized spacial score (nSPS) is 16.7. The van der Waals surface area contributed by atoms with E-state index in [-0.39, 0.29) is 26.0 Å². The first-order chi connectivity index (χ1) is 12.3. The van der Waals surface area contributed by atoms with Gasteiger partial charge in [-0.05, 0) is 24.6 Å². The van der Waals surface area contributed by atoms with Gasteiger partial charge in [0.05, 0.1) is 16.6 Å². The van der Waals surface area contributed by atoms with Crippen LogP contribution >= 0.6 is 34.5 Å². The highest BCUT2D eigenvalue weighted by Crippen LogP contribution is 2.41. The Kier molecular flexibility index (Phi) is 5.67. The predicted molar refractivity (Wildman–Crippen MR) is 103 cm³/mol. The zero-order chi connectivity index (χ0) is 18.9. The Morgan fingerprint density at radius 3 is 2.77 bits per heavy atom. The molecule has 0 radical (unpaired) electrons. The summed E-state index contributed by atoms with van der Waals surface area (Å²) in [5.74, 6) is -0.0487. The number of sulfonamides is 1. The van der Waals surface area contributed by atoms with Crippen LogP contribution in [0.25, 0.3) is 0 Å². The first kappa shape index (κ1) is 19.3. The molecule has 2 aromatic rings. The standard InChI is InChI=1S/C16H16Cl2N2O4S2/c1-2-7-19-16(21)12-9-20(10-5-3-4-6-11(10)24-12)26(22,23)13-8-14(17)25-15(13)18/h3-6,8,12H,2,7,9H2,1H3,(H,19,21). The van der Waals surface area contributed by atoms with E-state index in [1.54, 1.807) is 24.3 Å². The highest BCUT2D eigenvalue weighted by molar-refractivity contribution is 7.93. The smallest absolute Gasteiger partial charge is 0.266 e. The fourth-order valence-corrected chi connectivity index (χ4v) is 6.14. The molecule has 1 aromatic carbocycles. The third kappa shape index (κ3) is 3.64. The zero-order valence-electron chi connectivity index (χ0n) is 13.7. The van der Waals surface area contributed by atoms with Crippen LogP contribution in [0.5, 0.6) is 5.75 Å². The van der Waals surface area contributed by atoms with Crippen molar-refractivity contribution < 1.29 is 17.9 Å². The van der Waals surface area contributed by atoms with E-state index in [1.165, 1.54) is 6.07 Å². The van der Waals surface area contributed by atoms with E-state index in [0.29, 0.717) is 18.0 Å². The van der Waals surface area contributed by atoms with Gasteiger partial charge < -0.3 is 10.1 Å². The number of rotatable bonds is 5. The second-order valence-corrected chi connectivity index (χ2v) is 9.71. The number of carbonyl (C=O) groups excluding carboxylic acids is 1. The molecule has 1 aromatic heterocycles. The van der Waals surface area contributed by atoms with Gasteiger partial charge in [0.2, 0.25) is 0 Å². The molecular weight excluding hydrogens is 419 g/mol. The van der Waals surface area contributed by atoms with Crippen molar-refractivity contribution in [2.75, 3.05) is 17.4 Å². The number of benzene rings is 1. The molecule has 0 aliphatic carbocycles. The Balaban J connectivity index is 2.02. The molecule has 1 unspecified atom stereocenters. The van der Waals surface area contributed by atoms with Crippen LogP contribution in [0, 0.1) is 0 Å². The molecule has 1 amide bonds. The second-order valence-electron chi connectivity index (χ2n) is 5.59. The van der Waals surface area contributed by atoms with Crippen molar-refractivity contribution >= 4 is 56.2 Å². The lowest BCUT2D eigenvalue weighted by molar-refractivity contribution is -0.127. The van der Waals surface area contributed by atoms with Crippen molar-refractivity contribution in [1.29, 1.82) is 0 Å². The average Bonchev–Trinajstić information content (AvgIpc) is 2.97. The molecule has 10 heteroatoms. The molecule has 1 N–H and O–H groups in total. The van der Waals surface area contributed by atoms with E-state index in [1.807, 2.05) is 6.92 Å². The topological polar surface area (TPSA) is 75.7 Å². The minimum absolute atomic E-state index is 0.0750. The highest BCUT2D eigenvalue weighted by atomic mass is 35.5. The summed E-state index contributed by atoms with van der Waals surface area (Å²) in [5.41, 5.74) is 0.352. The van der Waals surface area contributed by atoms with E-state index in [4.69, 9.17) is 27.9 Å². The number of nitrogens with one attached hydrogen (secondary N) is 1. The SMILES string of the molecule is CCCNC(=O)C1CN(S(=O)(=O)c2cc(Cl)sc2Cl)c2ccccc2O1. The van der Waals surface area contributed by atoms with E-state index in [2.05, 4.69) is 5.32 Å². The number of carbonyl (C=O) groups is 1. The van der Waals surface area contributed by atoms with Gasteiger partial charge in [-0.1, -0.05) is 42.3 Å². The van der Waals surface area contributed by atoms with Crippen molar-refractivity contribution in [2.45, 2.75) is 24.3 Å². The molecule has 1 aliphatic heterocycles. The number of ether oxygens (including phenoxy) is 1. The molecule has 0 saturated carbocycles. The molecule has 1 aliphatic rings. The maximum Gasteiger partial charge on any atom is 0.266 e. The van der Waals surface area contributed by atoms with E-state index < -0.39 is 16.1 Å². The molecule has 0 fully saturated rings. The van der Waals surface area contributed by atoms with Crippen molar-refractivity contribution in [3.63, 3.8) is 0 Å². The number of amides is 1. The van der Waals surface area contributed by atoms with Gasteiger partial charge in [0.1, 0.15) is 15.0 Å². The molecule has 1 atom stereocenters. The summed E-state index contributed by atoms with van der Waals surface area (Å²) < 4.78 is 33.5. The number of halogens is 2. The minimum Gasteiger partial charge on any atom is -0.476 e. The average molecular weight is 435 g/mol. The number of anilines is 1. The Hall–Kier alpha value is -1.48. The molecule has 2 heterocycles. The van der Waals surface area contributed by atoms with Crippen molar-refractivity contribution in [2.24, 2.45) is 0 Å². The summed E-state index contributed by atoms with van der Waals surface area (Å²) in [6, 6.07) is 7.97. The van der Waals surface area contributed by atoms with Crippen LogP contribution in [-0.4, -0.2) is 33.5 Å². The number of hydrogen-bond acceptors (Lipinski definition) is 5. The summed E-state index contributed by atoms with van der Waals surface area (Å²) >= 11 is 12.9. The van der Waals surface area contributed by atoms with Crippen LogP contribution in [-0.2, 0) is 14.8 Å². The summed E-state index contributed by atoms with van der Waals surface area (Å²) in [5, 5.41) is 2.73. The fraction of sp³-hybridized carbons (Fsp3) is 0.312. The summed E-state index contributed by atoms with van der Waals surface area (Å²) in [6.07, 6.45) is -0.195. The number of fused-ring (bicyclic) bond motifs is 1. The maximum absolute atomic E-state index is 13.2. The number of para-hydroxylation sites is 2. The Morgan fingerprint density at radius 1 is 1.38 bits per heavy atom. The number of nitrogens with zero attached hydrogens (tertiary/aromatic N) is 1. The zero-order valence-corrected chi connectivity index (χ0v) is 16.9. The van der Waals surface area contributed by atoms with Gasteiger partial charge in [0.15, 0.2) is 6.10 Å². The number of hydrogen-bond donors (Lipinski definition) is 1. The first-order valence-corrected chi connectivity index (χ1v) is 10.9. The van der Waals surface area contributed by atoms with Gasteiger partial charge >= 0.3 is 0 Å². The van der Waals surface area contributed by atoms with Gasteiger partial charge in [0, 0.05) is 6.54 Å². The Bertz CT molecular complexity index is 930. The quantitative estimate of drug-likeness (QED) is 0.780. The molecule has 3 rings (SSSR count). The minimum atomic E-state index is -4.00. The molecule has 0 bridgehead atoms. The lowest BCUT2D eigenvalue weighted by atomic mass is 10.2. The molecule has 0 saturated heterocycles. The van der Waals surface area contributed by atoms with Crippen molar-refractivity contribution in [3.8, 4) is 5.75 Å². The maximum atomic E-state index is 13.2. The van der Waals surface area contributed by atoms with Crippen LogP contribution in [0.2, 0.25) is 8.67 Å². The predicted octanol–water partition coefficient (Wildman–Crippen LogP) is 3.54. The van der Waals surface area contributed by atoms with Crippen LogP contribution in [0.15, 0.2) is 35.2 Å². The van der Waals surface area contributed by atoms with Gasteiger partial charge in [-0.15, -0.1) is 11.3 Å². The van der Waals surface area contributed by atoms with Gasteiger partial charge in [0.25, 0.3) is 15.9 Å². The van der Waals surface area contributed by atoms with E-state index >= 15 is 0 Å². The first-order valence-electron chi connectivity index (χ1n) is 7.85. The second kappa shape index (κ2) is 7.64. The largest absolute Gasteiger partial charge is 0.476 e. The molecule has 6 nitrogen and oxygen atoms in total. The lowest BCUT2D eigenvalue weighted by Gasteiger charge is -2.34. The van der Waals surface area contributed by atoms with Crippen molar-refractivity contribution in [3.05, 3.63) is 39.0 Å². The third-order valence-electron chi connectivity index (χ3n) is 3.77. The van der Waals surface area contributed by atoms with Crippen LogP contribution in [0.4, 0.5) is 5.69 Å². The van der Waals surface area contributed by atoms with Crippen molar-refractivity contribution in [1.82, 2.24) is 5.32 Å².